The van der Waals surface area contributed by atoms with Gasteiger partial charge in [-0.1, -0.05) is 6.92 Å². The first-order chi connectivity index (χ1) is 7.31. The summed E-state index contributed by atoms with van der Waals surface area (Å²) < 4.78 is 11.0. The molecule has 1 aliphatic heterocycles. The molecule has 0 unspecified atom stereocenters. The van der Waals surface area contributed by atoms with E-state index in [0.29, 0.717) is 5.92 Å². The molecule has 1 atom stereocenters. The van der Waals surface area contributed by atoms with Gasteiger partial charge in [-0.05, 0) is 30.9 Å². The van der Waals surface area contributed by atoms with Crippen LogP contribution in [0.4, 0.5) is 0 Å². The Balaban J connectivity index is 2.02. The Morgan fingerprint density at radius 2 is 2.13 bits per heavy atom. The van der Waals surface area contributed by atoms with Crippen molar-refractivity contribution in [2.75, 3.05) is 13.2 Å². The van der Waals surface area contributed by atoms with E-state index in [1.165, 1.54) is 0 Å². The number of hydrogen-bond donors (Lipinski definition) is 1. The van der Waals surface area contributed by atoms with Crippen molar-refractivity contribution in [1.29, 1.82) is 0 Å². The summed E-state index contributed by atoms with van der Waals surface area (Å²) in [4.78, 5) is 0. The topological polar surface area (TPSA) is 48.4 Å². The predicted octanol–water partition coefficient (Wildman–Crippen LogP) is 2.27. The molecule has 3 heteroatoms. The van der Waals surface area contributed by atoms with Crippen LogP contribution in [0.25, 0.3) is 0 Å². The minimum Gasteiger partial charge on any atom is -0.464 e. The van der Waals surface area contributed by atoms with E-state index in [1.54, 1.807) is 0 Å². The van der Waals surface area contributed by atoms with Crippen LogP contribution in [-0.2, 0) is 11.2 Å². The molecule has 0 aromatic carbocycles. The lowest BCUT2D eigenvalue weighted by molar-refractivity contribution is 0.0559. The first-order valence-corrected chi connectivity index (χ1v) is 5.73. The van der Waals surface area contributed by atoms with Gasteiger partial charge in [-0.2, -0.15) is 0 Å². The van der Waals surface area contributed by atoms with Crippen LogP contribution in [0.2, 0.25) is 0 Å². The van der Waals surface area contributed by atoms with Gasteiger partial charge in [0.05, 0.1) is 6.04 Å². The molecule has 0 amide bonds. The molecule has 2 N–H and O–H groups in total. The molecule has 1 saturated heterocycles. The third kappa shape index (κ3) is 2.41. The number of hydrogen-bond acceptors (Lipinski definition) is 3. The Morgan fingerprint density at radius 1 is 1.40 bits per heavy atom. The summed E-state index contributed by atoms with van der Waals surface area (Å²) in [5, 5.41) is 0. The summed E-state index contributed by atoms with van der Waals surface area (Å²) in [7, 11) is 0. The van der Waals surface area contributed by atoms with Gasteiger partial charge in [0.25, 0.3) is 0 Å². The molecule has 1 aliphatic rings. The van der Waals surface area contributed by atoms with Crippen molar-refractivity contribution in [3.63, 3.8) is 0 Å². The number of furan rings is 1. The highest BCUT2D eigenvalue weighted by Gasteiger charge is 2.24. The van der Waals surface area contributed by atoms with E-state index in [4.69, 9.17) is 14.9 Å². The van der Waals surface area contributed by atoms with E-state index < -0.39 is 0 Å². The van der Waals surface area contributed by atoms with Gasteiger partial charge in [-0.15, -0.1) is 0 Å². The molecule has 0 bridgehead atoms. The van der Waals surface area contributed by atoms with Crippen molar-refractivity contribution in [2.24, 2.45) is 11.7 Å². The maximum Gasteiger partial charge on any atom is 0.121 e. The van der Waals surface area contributed by atoms with Crippen LogP contribution in [0.15, 0.2) is 16.5 Å². The van der Waals surface area contributed by atoms with E-state index in [9.17, 15) is 0 Å². The molecule has 84 valence electrons. The molecule has 1 fully saturated rings. The largest absolute Gasteiger partial charge is 0.464 e. The Morgan fingerprint density at radius 3 is 2.73 bits per heavy atom. The summed E-state index contributed by atoms with van der Waals surface area (Å²) in [5.74, 6) is 2.46. The first-order valence-electron chi connectivity index (χ1n) is 5.73. The Bertz CT molecular complexity index is 302. The summed E-state index contributed by atoms with van der Waals surface area (Å²) in [6.45, 7) is 3.75. The fourth-order valence-corrected chi connectivity index (χ4v) is 2.07. The summed E-state index contributed by atoms with van der Waals surface area (Å²) in [6, 6.07) is 4.07. The Labute approximate surface area is 90.6 Å². The minimum atomic E-state index is 0.0363. The van der Waals surface area contributed by atoms with Gasteiger partial charge >= 0.3 is 0 Å². The fourth-order valence-electron chi connectivity index (χ4n) is 2.07. The number of ether oxygens (including phenoxy) is 1. The Kier molecular flexibility index (Phi) is 3.44. The van der Waals surface area contributed by atoms with Crippen molar-refractivity contribution >= 4 is 0 Å². The van der Waals surface area contributed by atoms with Gasteiger partial charge in [-0.25, -0.2) is 0 Å². The third-order valence-electron chi connectivity index (χ3n) is 3.13. The lowest BCUT2D eigenvalue weighted by Crippen LogP contribution is -2.27. The van der Waals surface area contributed by atoms with Crippen LogP contribution in [-0.4, -0.2) is 13.2 Å². The maximum absolute atomic E-state index is 6.19. The van der Waals surface area contributed by atoms with Crippen molar-refractivity contribution in [2.45, 2.75) is 32.2 Å². The molecule has 2 heterocycles. The van der Waals surface area contributed by atoms with Crippen LogP contribution in [0.5, 0.6) is 0 Å². The quantitative estimate of drug-likeness (QED) is 0.830. The molecule has 0 saturated carbocycles. The van der Waals surface area contributed by atoms with Crippen LogP contribution in [0.3, 0.4) is 0 Å². The molecule has 1 aromatic heterocycles. The molecule has 0 spiro atoms. The maximum atomic E-state index is 6.19. The number of rotatable bonds is 3. The number of nitrogens with two attached hydrogens (primary N) is 1. The van der Waals surface area contributed by atoms with Crippen LogP contribution in [0, 0.1) is 5.92 Å². The SMILES string of the molecule is CCc1ccc([C@@H](N)C2CCOCC2)o1. The average Bonchev–Trinajstić information content (AvgIpc) is 2.78. The highest BCUT2D eigenvalue weighted by atomic mass is 16.5. The molecule has 15 heavy (non-hydrogen) atoms. The van der Waals surface area contributed by atoms with Gasteiger partial charge in [-0.3, -0.25) is 0 Å². The number of aryl methyl sites for hydroxylation is 1. The van der Waals surface area contributed by atoms with Crippen molar-refractivity contribution in [3.05, 3.63) is 23.7 Å². The zero-order chi connectivity index (χ0) is 10.7. The minimum absolute atomic E-state index is 0.0363. The monoisotopic (exact) mass is 209 g/mol. The molecule has 1 aromatic rings. The van der Waals surface area contributed by atoms with E-state index >= 15 is 0 Å². The summed E-state index contributed by atoms with van der Waals surface area (Å²) in [6.07, 6.45) is 3.02. The molecular formula is C12H19NO2. The van der Waals surface area contributed by atoms with Crippen molar-refractivity contribution in [1.82, 2.24) is 0 Å². The summed E-state index contributed by atoms with van der Waals surface area (Å²) in [5.41, 5.74) is 6.19. The normalized spacial score (nSPS) is 20.4. The van der Waals surface area contributed by atoms with E-state index in [0.717, 1.165) is 44.0 Å². The highest BCUT2D eigenvalue weighted by Crippen LogP contribution is 2.29. The second-order valence-corrected chi connectivity index (χ2v) is 4.13. The standard InChI is InChI=1S/C12H19NO2/c1-2-10-3-4-11(15-10)12(13)9-5-7-14-8-6-9/h3-4,9,12H,2,5-8,13H2,1H3/t12-/m0/s1. The lowest BCUT2D eigenvalue weighted by atomic mass is 9.91. The Hall–Kier alpha value is -0.800. The molecular weight excluding hydrogens is 190 g/mol. The van der Waals surface area contributed by atoms with Crippen LogP contribution >= 0.6 is 0 Å². The lowest BCUT2D eigenvalue weighted by Gasteiger charge is -2.26. The second kappa shape index (κ2) is 4.81. The van der Waals surface area contributed by atoms with E-state index in [1.807, 2.05) is 12.1 Å². The van der Waals surface area contributed by atoms with Gasteiger partial charge in [0, 0.05) is 19.6 Å². The molecule has 3 nitrogen and oxygen atoms in total. The van der Waals surface area contributed by atoms with Gasteiger partial charge in [0.15, 0.2) is 0 Å². The zero-order valence-electron chi connectivity index (χ0n) is 9.24. The van der Waals surface area contributed by atoms with Gasteiger partial charge in [0.2, 0.25) is 0 Å². The van der Waals surface area contributed by atoms with Crippen molar-refractivity contribution < 1.29 is 9.15 Å². The van der Waals surface area contributed by atoms with Crippen LogP contribution in [0.1, 0.15) is 37.3 Å². The molecule has 2 rings (SSSR count). The smallest absolute Gasteiger partial charge is 0.121 e. The highest BCUT2D eigenvalue weighted by molar-refractivity contribution is 5.11. The van der Waals surface area contributed by atoms with Gasteiger partial charge < -0.3 is 14.9 Å². The first kappa shape index (κ1) is 10.7. The van der Waals surface area contributed by atoms with Crippen molar-refractivity contribution in [3.8, 4) is 0 Å². The average molecular weight is 209 g/mol. The summed E-state index contributed by atoms with van der Waals surface area (Å²) >= 11 is 0. The zero-order valence-corrected chi connectivity index (χ0v) is 9.24. The predicted molar refractivity (Wildman–Crippen MR) is 58.6 cm³/mol. The molecule has 0 radical (unpaired) electrons. The van der Waals surface area contributed by atoms with Gasteiger partial charge in [0.1, 0.15) is 11.5 Å². The van der Waals surface area contributed by atoms with E-state index in [2.05, 4.69) is 6.92 Å². The van der Waals surface area contributed by atoms with Crippen LogP contribution < -0.4 is 5.73 Å². The fraction of sp³-hybridized carbons (Fsp3) is 0.667. The third-order valence-corrected chi connectivity index (χ3v) is 3.13. The van der Waals surface area contributed by atoms with E-state index in [-0.39, 0.29) is 6.04 Å². The second-order valence-electron chi connectivity index (χ2n) is 4.13. The molecule has 0 aliphatic carbocycles.